The lowest BCUT2D eigenvalue weighted by atomic mass is 10.1. The largest absolute Gasteiger partial charge is 0.396 e. The summed E-state index contributed by atoms with van der Waals surface area (Å²) in [6, 6.07) is 0. The molecule has 0 bridgehead atoms. The zero-order valence-corrected chi connectivity index (χ0v) is 22.0. The third-order valence-electron chi connectivity index (χ3n) is 7.13. The van der Waals surface area contributed by atoms with E-state index in [2.05, 4.69) is 36.0 Å². The van der Waals surface area contributed by atoms with Gasteiger partial charge in [0, 0.05) is 32.1 Å². The molecule has 3 nitrogen and oxygen atoms in total. The molecule has 0 aromatic rings. The Morgan fingerprint density at radius 2 is 0.875 bits per heavy atom. The highest BCUT2D eigenvalue weighted by atomic mass is 16.3. The SMILES string of the molecule is CCCCCCCCCCCCN1C=CN(CCCO)C1CCCCCCCCCCC. The number of nitrogens with zero attached hydrogens (tertiary/aromatic N) is 2. The van der Waals surface area contributed by atoms with Crippen LogP contribution < -0.4 is 0 Å². The first kappa shape index (κ1) is 29.3. The van der Waals surface area contributed by atoms with Gasteiger partial charge in [0.05, 0.1) is 0 Å². The molecule has 1 rings (SSSR count). The van der Waals surface area contributed by atoms with E-state index in [9.17, 15) is 5.11 Å². The second-order valence-electron chi connectivity index (χ2n) is 10.1. The maximum atomic E-state index is 9.27. The molecule has 0 aliphatic carbocycles. The van der Waals surface area contributed by atoms with Crippen LogP contribution in [-0.2, 0) is 0 Å². The molecule has 0 saturated carbocycles. The van der Waals surface area contributed by atoms with Crippen molar-refractivity contribution >= 4 is 0 Å². The molecule has 0 spiro atoms. The fourth-order valence-electron chi connectivity index (χ4n) is 5.01. The van der Waals surface area contributed by atoms with E-state index < -0.39 is 0 Å². The predicted octanol–water partition coefficient (Wildman–Crippen LogP) is 8.63. The summed E-state index contributed by atoms with van der Waals surface area (Å²) in [5, 5.41) is 9.27. The molecule has 0 fully saturated rings. The minimum Gasteiger partial charge on any atom is -0.396 e. The zero-order valence-electron chi connectivity index (χ0n) is 22.0. The van der Waals surface area contributed by atoms with Gasteiger partial charge in [0.1, 0.15) is 6.17 Å². The number of hydrogen-bond donors (Lipinski definition) is 1. The van der Waals surface area contributed by atoms with Crippen LogP contribution in [0.1, 0.15) is 149 Å². The van der Waals surface area contributed by atoms with Gasteiger partial charge in [-0.3, -0.25) is 0 Å². The number of hydrogen-bond acceptors (Lipinski definition) is 3. The van der Waals surface area contributed by atoms with Gasteiger partial charge in [0.15, 0.2) is 0 Å². The summed E-state index contributed by atoms with van der Waals surface area (Å²) in [6.07, 6.45) is 33.9. The summed E-state index contributed by atoms with van der Waals surface area (Å²) in [6.45, 7) is 7.08. The molecule has 1 aliphatic heterocycles. The van der Waals surface area contributed by atoms with E-state index in [1.165, 1.54) is 135 Å². The summed E-state index contributed by atoms with van der Waals surface area (Å²) in [7, 11) is 0. The van der Waals surface area contributed by atoms with E-state index in [1.54, 1.807) is 0 Å². The highest BCUT2D eigenvalue weighted by Gasteiger charge is 2.24. The smallest absolute Gasteiger partial charge is 0.101 e. The van der Waals surface area contributed by atoms with Gasteiger partial charge < -0.3 is 14.9 Å². The molecule has 1 atom stereocenters. The molecule has 0 aromatic carbocycles. The van der Waals surface area contributed by atoms with Crippen molar-refractivity contribution in [3.8, 4) is 0 Å². The molecule has 0 saturated heterocycles. The van der Waals surface area contributed by atoms with Crippen LogP contribution in [0.25, 0.3) is 0 Å². The van der Waals surface area contributed by atoms with Crippen molar-refractivity contribution in [1.29, 1.82) is 0 Å². The lowest BCUT2D eigenvalue weighted by Gasteiger charge is -2.33. The normalized spacial score (nSPS) is 15.9. The Labute approximate surface area is 202 Å². The maximum absolute atomic E-state index is 9.27. The van der Waals surface area contributed by atoms with Gasteiger partial charge in [-0.1, -0.05) is 123 Å². The minimum atomic E-state index is 0.299. The Balaban J connectivity index is 2.15. The molecule has 3 heteroatoms. The first-order chi connectivity index (χ1) is 15.8. The van der Waals surface area contributed by atoms with E-state index in [-0.39, 0.29) is 0 Å². The molecule has 32 heavy (non-hydrogen) atoms. The van der Waals surface area contributed by atoms with Crippen LogP contribution in [0.5, 0.6) is 0 Å². The standard InChI is InChI=1S/C29H58N2O/c1-3-5-7-9-11-13-15-17-19-21-24-30-26-27-31(25-22-28-32)29(30)23-20-18-16-14-12-10-8-6-4-2/h26-27,29,32H,3-25,28H2,1-2H3. The van der Waals surface area contributed by atoms with Crippen LogP contribution >= 0.6 is 0 Å². The zero-order chi connectivity index (χ0) is 23.1. The Kier molecular flexibility index (Phi) is 20.3. The summed E-state index contributed by atoms with van der Waals surface area (Å²) < 4.78 is 0. The first-order valence-corrected chi connectivity index (χ1v) is 14.6. The maximum Gasteiger partial charge on any atom is 0.101 e. The van der Waals surface area contributed by atoms with Crippen molar-refractivity contribution in [2.45, 2.75) is 155 Å². The van der Waals surface area contributed by atoms with E-state index in [0.717, 1.165) is 13.0 Å². The van der Waals surface area contributed by atoms with Crippen LogP contribution in [0, 0.1) is 0 Å². The number of rotatable bonds is 24. The monoisotopic (exact) mass is 450 g/mol. The van der Waals surface area contributed by atoms with Gasteiger partial charge in [-0.15, -0.1) is 0 Å². The Morgan fingerprint density at radius 1 is 0.500 bits per heavy atom. The van der Waals surface area contributed by atoms with Crippen LogP contribution in [0.4, 0.5) is 0 Å². The summed E-state index contributed by atoms with van der Waals surface area (Å²) in [5.74, 6) is 0. The van der Waals surface area contributed by atoms with Crippen molar-refractivity contribution in [3.05, 3.63) is 12.4 Å². The van der Waals surface area contributed by atoms with Gasteiger partial charge in [-0.05, 0) is 25.7 Å². The molecular formula is C29H58N2O. The van der Waals surface area contributed by atoms with Crippen LogP contribution in [0.3, 0.4) is 0 Å². The van der Waals surface area contributed by atoms with Gasteiger partial charge in [0.25, 0.3) is 0 Å². The van der Waals surface area contributed by atoms with Crippen molar-refractivity contribution in [1.82, 2.24) is 9.80 Å². The topological polar surface area (TPSA) is 26.7 Å². The average molecular weight is 451 g/mol. The average Bonchev–Trinajstić information content (AvgIpc) is 3.19. The third kappa shape index (κ3) is 15.2. The number of aliphatic hydroxyl groups is 1. The van der Waals surface area contributed by atoms with E-state index in [1.807, 2.05) is 0 Å². The van der Waals surface area contributed by atoms with Crippen molar-refractivity contribution in [2.75, 3.05) is 19.7 Å². The molecule has 0 radical (unpaired) electrons. The van der Waals surface area contributed by atoms with E-state index in [0.29, 0.717) is 12.8 Å². The van der Waals surface area contributed by atoms with Gasteiger partial charge in [-0.25, -0.2) is 0 Å². The molecule has 0 aromatic heterocycles. The van der Waals surface area contributed by atoms with Crippen LogP contribution in [0.15, 0.2) is 12.4 Å². The van der Waals surface area contributed by atoms with E-state index >= 15 is 0 Å². The highest BCUT2D eigenvalue weighted by Crippen LogP contribution is 2.23. The summed E-state index contributed by atoms with van der Waals surface area (Å²) in [4.78, 5) is 5.07. The number of aliphatic hydroxyl groups excluding tert-OH is 1. The van der Waals surface area contributed by atoms with E-state index in [4.69, 9.17) is 0 Å². The van der Waals surface area contributed by atoms with Crippen LogP contribution in [-0.4, -0.2) is 40.8 Å². The predicted molar refractivity (Wildman–Crippen MR) is 142 cm³/mol. The Bertz CT molecular complexity index is 412. The minimum absolute atomic E-state index is 0.299. The second kappa shape index (κ2) is 22.1. The summed E-state index contributed by atoms with van der Waals surface area (Å²) in [5.41, 5.74) is 0. The van der Waals surface area contributed by atoms with Gasteiger partial charge >= 0.3 is 0 Å². The fourth-order valence-corrected chi connectivity index (χ4v) is 5.01. The number of unbranched alkanes of at least 4 members (excludes halogenated alkanes) is 17. The molecule has 1 unspecified atom stereocenters. The van der Waals surface area contributed by atoms with Gasteiger partial charge in [0.2, 0.25) is 0 Å². The highest BCUT2D eigenvalue weighted by molar-refractivity contribution is 4.96. The summed E-state index contributed by atoms with van der Waals surface area (Å²) >= 11 is 0. The molecule has 1 N–H and O–H groups in total. The molecule has 0 amide bonds. The second-order valence-corrected chi connectivity index (χ2v) is 10.1. The first-order valence-electron chi connectivity index (χ1n) is 14.6. The quantitative estimate of drug-likeness (QED) is 0.149. The molecule has 190 valence electrons. The Morgan fingerprint density at radius 3 is 1.31 bits per heavy atom. The lowest BCUT2D eigenvalue weighted by Crippen LogP contribution is -2.39. The lowest BCUT2D eigenvalue weighted by molar-refractivity contribution is 0.129. The van der Waals surface area contributed by atoms with Crippen molar-refractivity contribution in [2.24, 2.45) is 0 Å². The third-order valence-corrected chi connectivity index (χ3v) is 7.13. The van der Waals surface area contributed by atoms with Crippen molar-refractivity contribution in [3.63, 3.8) is 0 Å². The fraction of sp³-hybridized carbons (Fsp3) is 0.931. The van der Waals surface area contributed by atoms with Gasteiger partial charge in [-0.2, -0.15) is 0 Å². The molecule has 1 heterocycles. The molecular weight excluding hydrogens is 392 g/mol. The Hall–Kier alpha value is -0.700. The van der Waals surface area contributed by atoms with Crippen molar-refractivity contribution < 1.29 is 5.11 Å². The van der Waals surface area contributed by atoms with Crippen LogP contribution in [0.2, 0.25) is 0 Å². The molecule has 1 aliphatic rings.